The van der Waals surface area contributed by atoms with Gasteiger partial charge in [0, 0.05) is 6.54 Å². The van der Waals surface area contributed by atoms with Crippen molar-refractivity contribution in [2.75, 3.05) is 6.54 Å². The Bertz CT molecular complexity index is 282. The highest BCUT2D eigenvalue weighted by Crippen LogP contribution is 2.35. The van der Waals surface area contributed by atoms with Gasteiger partial charge in [0.25, 0.3) is 0 Å². The minimum atomic E-state index is -0.559. The minimum Gasteiger partial charge on any atom is -0.332 e. The fourth-order valence-corrected chi connectivity index (χ4v) is 1.48. The lowest BCUT2D eigenvalue weighted by molar-refractivity contribution is -0.143. The maximum atomic E-state index is 12.0. The van der Waals surface area contributed by atoms with Gasteiger partial charge in [0.2, 0.25) is 5.91 Å². The highest BCUT2D eigenvalue weighted by atomic mass is 16.2. The van der Waals surface area contributed by atoms with Crippen LogP contribution in [0.2, 0.25) is 0 Å². The molecule has 1 N–H and O–H groups in total. The zero-order chi connectivity index (χ0) is 11.1. The van der Waals surface area contributed by atoms with Crippen molar-refractivity contribution in [2.45, 2.75) is 40.2 Å². The highest BCUT2D eigenvalue weighted by Gasteiger charge is 2.51. The number of hydrogen-bond donors (Lipinski definition) is 1. The molecule has 4 nitrogen and oxygen atoms in total. The number of nitrogens with zero attached hydrogens (tertiary/aromatic N) is 1. The van der Waals surface area contributed by atoms with E-state index in [9.17, 15) is 9.59 Å². The van der Waals surface area contributed by atoms with Crippen LogP contribution < -0.4 is 5.32 Å². The molecule has 3 amide bonds. The highest BCUT2D eigenvalue weighted by molar-refractivity contribution is 6.01. The molecule has 0 bridgehead atoms. The third-order valence-corrected chi connectivity index (χ3v) is 3.32. The third kappa shape index (κ3) is 1.29. The lowest BCUT2D eigenvalue weighted by Crippen LogP contribution is -2.68. The number of carbonyl (C=O) groups excluding carboxylic acids is 2. The van der Waals surface area contributed by atoms with Crippen LogP contribution in [0.4, 0.5) is 4.79 Å². The molecule has 1 heterocycles. The SMILES string of the molecule is CCN1C(=O)NC(C)(C)C(C)(C)C1=O. The van der Waals surface area contributed by atoms with Gasteiger partial charge < -0.3 is 5.32 Å². The van der Waals surface area contributed by atoms with Crippen LogP contribution in [0.25, 0.3) is 0 Å². The van der Waals surface area contributed by atoms with Crippen molar-refractivity contribution in [1.29, 1.82) is 0 Å². The van der Waals surface area contributed by atoms with E-state index in [4.69, 9.17) is 0 Å². The summed E-state index contributed by atoms with van der Waals surface area (Å²) in [7, 11) is 0. The summed E-state index contributed by atoms with van der Waals surface area (Å²) in [5.74, 6) is -0.103. The molecule has 1 aliphatic heterocycles. The van der Waals surface area contributed by atoms with Crippen LogP contribution in [0, 0.1) is 5.41 Å². The van der Waals surface area contributed by atoms with Crippen LogP contribution in [0.15, 0.2) is 0 Å². The molecule has 0 aromatic rings. The van der Waals surface area contributed by atoms with Crippen LogP contribution in [0.5, 0.6) is 0 Å². The third-order valence-electron chi connectivity index (χ3n) is 3.32. The molecule has 0 unspecified atom stereocenters. The molecule has 1 rings (SSSR count). The monoisotopic (exact) mass is 198 g/mol. The van der Waals surface area contributed by atoms with E-state index < -0.39 is 11.0 Å². The maximum Gasteiger partial charge on any atom is 0.324 e. The van der Waals surface area contributed by atoms with Crippen LogP contribution in [0.1, 0.15) is 34.6 Å². The molecule has 0 aliphatic carbocycles. The average Bonchev–Trinajstić information content (AvgIpc) is 2.01. The number of imide groups is 1. The number of hydrogen-bond acceptors (Lipinski definition) is 2. The lowest BCUT2D eigenvalue weighted by atomic mass is 9.72. The summed E-state index contributed by atoms with van der Waals surface area (Å²) in [6.07, 6.45) is 0. The first kappa shape index (κ1) is 11.0. The molecule has 4 heteroatoms. The summed E-state index contributed by atoms with van der Waals surface area (Å²) in [5.41, 5.74) is -1.05. The predicted octanol–water partition coefficient (Wildman–Crippen LogP) is 1.36. The van der Waals surface area contributed by atoms with E-state index in [1.807, 2.05) is 27.7 Å². The van der Waals surface area contributed by atoms with Crippen LogP contribution in [0.3, 0.4) is 0 Å². The molecule has 80 valence electrons. The molecule has 0 aromatic heterocycles. The second-order valence-corrected chi connectivity index (χ2v) is 4.73. The number of carbonyl (C=O) groups is 2. The molecule has 0 radical (unpaired) electrons. The number of nitrogens with one attached hydrogen (secondary N) is 1. The number of amides is 3. The van der Waals surface area contributed by atoms with E-state index in [0.717, 1.165) is 0 Å². The number of rotatable bonds is 1. The minimum absolute atomic E-state index is 0.103. The Morgan fingerprint density at radius 2 is 1.71 bits per heavy atom. The van der Waals surface area contributed by atoms with E-state index in [2.05, 4.69) is 5.32 Å². The molecular weight excluding hydrogens is 180 g/mol. The largest absolute Gasteiger partial charge is 0.332 e. The van der Waals surface area contributed by atoms with Gasteiger partial charge in [-0.1, -0.05) is 0 Å². The van der Waals surface area contributed by atoms with Crippen LogP contribution in [-0.2, 0) is 4.79 Å². The molecule has 14 heavy (non-hydrogen) atoms. The van der Waals surface area contributed by atoms with Gasteiger partial charge in [0.1, 0.15) is 0 Å². The van der Waals surface area contributed by atoms with Crippen LogP contribution in [-0.4, -0.2) is 28.9 Å². The van der Waals surface area contributed by atoms with Gasteiger partial charge in [-0.3, -0.25) is 9.69 Å². The van der Waals surface area contributed by atoms with Gasteiger partial charge in [-0.15, -0.1) is 0 Å². The molecule has 0 aromatic carbocycles. The van der Waals surface area contributed by atoms with Crippen molar-refractivity contribution in [1.82, 2.24) is 10.2 Å². The normalized spacial score (nSPS) is 24.8. The first-order valence-electron chi connectivity index (χ1n) is 4.88. The smallest absolute Gasteiger partial charge is 0.324 e. The first-order chi connectivity index (χ1) is 6.24. The fourth-order valence-electron chi connectivity index (χ4n) is 1.48. The van der Waals surface area contributed by atoms with Crippen molar-refractivity contribution in [3.8, 4) is 0 Å². The molecular formula is C10H18N2O2. The van der Waals surface area contributed by atoms with Crippen molar-refractivity contribution >= 4 is 11.9 Å². The van der Waals surface area contributed by atoms with E-state index in [-0.39, 0.29) is 11.9 Å². The Morgan fingerprint density at radius 3 is 2.14 bits per heavy atom. The Labute approximate surface area is 84.7 Å². The van der Waals surface area contributed by atoms with Crippen LogP contribution >= 0.6 is 0 Å². The van der Waals surface area contributed by atoms with E-state index in [0.29, 0.717) is 6.54 Å². The predicted molar refractivity (Wildman–Crippen MR) is 53.8 cm³/mol. The zero-order valence-electron chi connectivity index (χ0n) is 9.47. The first-order valence-corrected chi connectivity index (χ1v) is 4.88. The second-order valence-electron chi connectivity index (χ2n) is 4.73. The Hall–Kier alpha value is -1.06. The summed E-state index contributed by atoms with van der Waals surface area (Å²) in [6, 6.07) is -0.290. The van der Waals surface area contributed by atoms with Gasteiger partial charge in [-0.25, -0.2) is 4.79 Å². The molecule has 1 saturated heterocycles. The maximum absolute atomic E-state index is 12.0. The topological polar surface area (TPSA) is 49.4 Å². The summed E-state index contributed by atoms with van der Waals surface area (Å²) in [6.45, 7) is 9.68. The Kier molecular flexibility index (Phi) is 2.34. The molecule has 1 fully saturated rings. The van der Waals surface area contributed by atoms with E-state index >= 15 is 0 Å². The summed E-state index contributed by atoms with van der Waals surface area (Å²) in [4.78, 5) is 24.8. The second kappa shape index (κ2) is 2.97. The fraction of sp³-hybridized carbons (Fsp3) is 0.800. The lowest BCUT2D eigenvalue weighted by Gasteiger charge is -2.47. The van der Waals surface area contributed by atoms with Gasteiger partial charge in [0.15, 0.2) is 0 Å². The zero-order valence-corrected chi connectivity index (χ0v) is 9.47. The van der Waals surface area contributed by atoms with Gasteiger partial charge in [0.05, 0.1) is 11.0 Å². The van der Waals surface area contributed by atoms with E-state index in [1.54, 1.807) is 6.92 Å². The Balaban J connectivity index is 3.10. The van der Waals surface area contributed by atoms with Crippen molar-refractivity contribution in [3.05, 3.63) is 0 Å². The molecule has 0 spiro atoms. The molecule has 0 atom stereocenters. The quantitative estimate of drug-likeness (QED) is 0.691. The van der Waals surface area contributed by atoms with Gasteiger partial charge >= 0.3 is 6.03 Å². The van der Waals surface area contributed by atoms with Gasteiger partial charge in [-0.05, 0) is 34.6 Å². The number of urea groups is 1. The van der Waals surface area contributed by atoms with E-state index in [1.165, 1.54) is 4.90 Å². The van der Waals surface area contributed by atoms with Crippen molar-refractivity contribution < 1.29 is 9.59 Å². The summed E-state index contributed by atoms with van der Waals surface area (Å²) in [5, 5.41) is 2.84. The van der Waals surface area contributed by atoms with Crippen molar-refractivity contribution in [2.24, 2.45) is 5.41 Å². The average molecular weight is 198 g/mol. The summed E-state index contributed by atoms with van der Waals surface area (Å²) < 4.78 is 0. The molecule has 1 aliphatic rings. The Morgan fingerprint density at radius 1 is 1.21 bits per heavy atom. The van der Waals surface area contributed by atoms with Crippen molar-refractivity contribution in [3.63, 3.8) is 0 Å². The van der Waals surface area contributed by atoms with Gasteiger partial charge in [-0.2, -0.15) is 0 Å². The molecule has 0 saturated carbocycles. The standard InChI is InChI=1S/C10H18N2O2/c1-6-12-7(13)9(2,3)10(4,5)11-8(12)14/h6H2,1-5H3,(H,11,14). The summed E-state index contributed by atoms with van der Waals surface area (Å²) >= 11 is 0.